The van der Waals surface area contributed by atoms with Crippen LogP contribution in [0.3, 0.4) is 0 Å². The van der Waals surface area contributed by atoms with E-state index in [1.807, 2.05) is 30.3 Å². The Hall–Kier alpha value is -1.23. The van der Waals surface area contributed by atoms with Gasteiger partial charge in [-0.3, -0.25) is 0 Å². The van der Waals surface area contributed by atoms with E-state index >= 15 is 0 Å². The molecule has 0 unspecified atom stereocenters. The van der Waals surface area contributed by atoms with Gasteiger partial charge < -0.3 is 14.8 Å². The first-order valence-electron chi connectivity index (χ1n) is 8.58. The molecule has 1 N–H and O–H groups in total. The fourth-order valence-corrected chi connectivity index (χ4v) is 3.35. The summed E-state index contributed by atoms with van der Waals surface area (Å²) in [5.41, 5.74) is 2.18. The fraction of sp³-hybridized carbons (Fsp3) is 0.400. The Morgan fingerprint density at radius 3 is 2.68 bits per heavy atom. The van der Waals surface area contributed by atoms with Crippen molar-refractivity contribution < 1.29 is 9.47 Å². The number of methoxy groups -OCH3 is 1. The molecule has 2 rings (SSSR count). The quantitative estimate of drug-likeness (QED) is 0.475. The fourth-order valence-electron chi connectivity index (χ4n) is 2.53. The third-order valence-corrected chi connectivity index (χ3v) is 4.67. The van der Waals surface area contributed by atoms with Gasteiger partial charge in [-0.25, -0.2) is 0 Å². The zero-order chi connectivity index (χ0) is 18.1. The van der Waals surface area contributed by atoms with Gasteiger partial charge in [-0.15, -0.1) is 0 Å². The molecular weight excluding hydrogens is 402 g/mol. The second-order valence-corrected chi connectivity index (χ2v) is 7.20. The maximum atomic E-state index is 6.02. The molecule has 2 aromatic rings. The molecule has 5 heteroatoms. The molecule has 0 radical (unpaired) electrons. The summed E-state index contributed by atoms with van der Waals surface area (Å²) in [7, 11) is 1.66. The number of hydrogen-bond acceptors (Lipinski definition) is 3. The first-order chi connectivity index (χ1) is 12.1. The molecule has 0 aliphatic rings. The minimum Gasteiger partial charge on any atom is -0.493 e. The van der Waals surface area contributed by atoms with Crippen LogP contribution in [0, 0.1) is 0 Å². The largest absolute Gasteiger partial charge is 0.493 e. The highest BCUT2D eigenvalue weighted by Gasteiger charge is 2.12. The van der Waals surface area contributed by atoms with Gasteiger partial charge in [-0.1, -0.05) is 43.5 Å². The second-order valence-electron chi connectivity index (χ2n) is 5.91. The zero-order valence-electron chi connectivity index (χ0n) is 14.8. The Morgan fingerprint density at radius 1 is 1.12 bits per heavy atom. The van der Waals surface area contributed by atoms with Gasteiger partial charge >= 0.3 is 0 Å². The van der Waals surface area contributed by atoms with Crippen molar-refractivity contribution in [3.05, 3.63) is 57.0 Å². The third-order valence-electron chi connectivity index (χ3n) is 3.85. The Morgan fingerprint density at radius 2 is 1.96 bits per heavy atom. The molecule has 0 bridgehead atoms. The molecule has 0 saturated heterocycles. The number of halogens is 2. The zero-order valence-corrected chi connectivity index (χ0v) is 17.1. The van der Waals surface area contributed by atoms with Crippen LogP contribution in [0.4, 0.5) is 0 Å². The maximum absolute atomic E-state index is 6.02. The highest BCUT2D eigenvalue weighted by Crippen LogP contribution is 2.37. The molecule has 136 valence electrons. The Bertz CT molecular complexity index is 679. The van der Waals surface area contributed by atoms with E-state index in [0.717, 1.165) is 34.4 Å². The Kier molecular flexibility index (Phi) is 8.59. The van der Waals surface area contributed by atoms with E-state index in [1.165, 1.54) is 19.3 Å². The molecule has 0 aromatic heterocycles. The van der Waals surface area contributed by atoms with Gasteiger partial charge in [0.25, 0.3) is 0 Å². The van der Waals surface area contributed by atoms with Crippen molar-refractivity contribution in [1.82, 2.24) is 5.32 Å². The van der Waals surface area contributed by atoms with E-state index in [4.69, 9.17) is 21.1 Å². The second kappa shape index (κ2) is 10.7. The van der Waals surface area contributed by atoms with Crippen LogP contribution in [0.5, 0.6) is 11.5 Å². The van der Waals surface area contributed by atoms with Crippen LogP contribution in [0.15, 0.2) is 40.9 Å². The van der Waals surface area contributed by atoms with Gasteiger partial charge in [0, 0.05) is 11.6 Å². The van der Waals surface area contributed by atoms with E-state index in [9.17, 15) is 0 Å². The highest BCUT2D eigenvalue weighted by atomic mass is 79.9. The number of nitrogens with one attached hydrogen (secondary N) is 1. The van der Waals surface area contributed by atoms with E-state index in [1.54, 1.807) is 7.11 Å². The molecule has 25 heavy (non-hydrogen) atoms. The first kappa shape index (κ1) is 20.1. The standard InChI is InChI=1S/C20H25BrClNO2/c1-3-4-5-9-23-13-16-11-18(21)20(19(12-16)24-2)25-14-15-7-6-8-17(22)10-15/h6-8,10-12,23H,3-5,9,13-14H2,1-2H3. The van der Waals surface area contributed by atoms with Crippen molar-refractivity contribution >= 4 is 27.5 Å². The molecule has 0 spiro atoms. The molecule has 0 heterocycles. The van der Waals surface area contributed by atoms with Crippen LogP contribution in [-0.4, -0.2) is 13.7 Å². The van der Waals surface area contributed by atoms with Gasteiger partial charge in [-0.05, 0) is 64.3 Å². The Balaban J connectivity index is 2.00. The molecule has 0 aliphatic carbocycles. The average Bonchev–Trinajstić information content (AvgIpc) is 2.60. The molecule has 0 aliphatic heterocycles. The smallest absolute Gasteiger partial charge is 0.175 e. The summed E-state index contributed by atoms with van der Waals surface area (Å²) in [6.45, 7) is 4.49. The van der Waals surface area contributed by atoms with E-state index < -0.39 is 0 Å². The molecule has 0 amide bonds. The van der Waals surface area contributed by atoms with Crippen molar-refractivity contribution in [1.29, 1.82) is 0 Å². The van der Waals surface area contributed by atoms with Gasteiger partial charge in [0.2, 0.25) is 0 Å². The van der Waals surface area contributed by atoms with Crippen LogP contribution in [0.1, 0.15) is 37.3 Å². The molecule has 0 saturated carbocycles. The van der Waals surface area contributed by atoms with Crippen molar-refractivity contribution in [2.45, 2.75) is 39.3 Å². The van der Waals surface area contributed by atoms with Crippen molar-refractivity contribution in [2.75, 3.05) is 13.7 Å². The van der Waals surface area contributed by atoms with Crippen LogP contribution >= 0.6 is 27.5 Å². The number of unbranched alkanes of at least 4 members (excludes halogenated alkanes) is 2. The Labute approximate surface area is 163 Å². The molecule has 0 fully saturated rings. The monoisotopic (exact) mass is 425 g/mol. The first-order valence-corrected chi connectivity index (χ1v) is 9.75. The van der Waals surface area contributed by atoms with Gasteiger partial charge in [0.1, 0.15) is 6.61 Å². The van der Waals surface area contributed by atoms with E-state index in [0.29, 0.717) is 17.4 Å². The molecule has 0 atom stereocenters. The number of benzene rings is 2. The van der Waals surface area contributed by atoms with Crippen molar-refractivity contribution in [3.63, 3.8) is 0 Å². The van der Waals surface area contributed by atoms with E-state index in [-0.39, 0.29) is 0 Å². The number of ether oxygens (including phenoxy) is 2. The summed E-state index contributed by atoms with van der Waals surface area (Å²) in [5.74, 6) is 1.43. The van der Waals surface area contributed by atoms with Gasteiger partial charge in [0.15, 0.2) is 11.5 Å². The summed E-state index contributed by atoms with van der Waals surface area (Å²) < 4.78 is 12.4. The number of hydrogen-bond donors (Lipinski definition) is 1. The summed E-state index contributed by atoms with van der Waals surface area (Å²) in [6.07, 6.45) is 3.70. The molecule has 2 aromatic carbocycles. The molecule has 3 nitrogen and oxygen atoms in total. The highest BCUT2D eigenvalue weighted by molar-refractivity contribution is 9.10. The predicted octanol–water partition coefficient (Wildman–Crippen LogP) is 5.97. The predicted molar refractivity (Wildman–Crippen MR) is 108 cm³/mol. The minimum absolute atomic E-state index is 0.435. The number of rotatable bonds is 10. The third kappa shape index (κ3) is 6.53. The lowest BCUT2D eigenvalue weighted by Crippen LogP contribution is -2.14. The van der Waals surface area contributed by atoms with Gasteiger partial charge in [0.05, 0.1) is 11.6 Å². The lowest BCUT2D eigenvalue weighted by atomic mass is 10.2. The minimum atomic E-state index is 0.435. The van der Waals surface area contributed by atoms with Crippen LogP contribution < -0.4 is 14.8 Å². The topological polar surface area (TPSA) is 30.5 Å². The van der Waals surface area contributed by atoms with Crippen LogP contribution in [0.25, 0.3) is 0 Å². The van der Waals surface area contributed by atoms with Crippen LogP contribution in [-0.2, 0) is 13.2 Å². The van der Waals surface area contributed by atoms with Gasteiger partial charge in [-0.2, -0.15) is 0 Å². The maximum Gasteiger partial charge on any atom is 0.175 e. The average molecular weight is 427 g/mol. The summed E-state index contributed by atoms with van der Waals surface area (Å²) in [6, 6.07) is 11.7. The van der Waals surface area contributed by atoms with Crippen LogP contribution in [0.2, 0.25) is 5.02 Å². The lowest BCUT2D eigenvalue weighted by Gasteiger charge is -2.15. The summed E-state index contributed by atoms with van der Waals surface area (Å²) in [4.78, 5) is 0. The summed E-state index contributed by atoms with van der Waals surface area (Å²) >= 11 is 9.62. The van der Waals surface area contributed by atoms with E-state index in [2.05, 4.69) is 34.2 Å². The van der Waals surface area contributed by atoms with Crippen molar-refractivity contribution in [3.8, 4) is 11.5 Å². The normalized spacial score (nSPS) is 10.7. The lowest BCUT2D eigenvalue weighted by molar-refractivity contribution is 0.282. The van der Waals surface area contributed by atoms with Crippen molar-refractivity contribution in [2.24, 2.45) is 0 Å². The SMILES string of the molecule is CCCCCNCc1cc(Br)c(OCc2cccc(Cl)c2)c(OC)c1. The summed E-state index contributed by atoms with van der Waals surface area (Å²) in [5, 5.41) is 4.17. The molecular formula is C20H25BrClNO2.